The van der Waals surface area contributed by atoms with Crippen molar-refractivity contribution in [2.24, 2.45) is 0 Å². The van der Waals surface area contributed by atoms with Crippen molar-refractivity contribution in [3.05, 3.63) is 22.7 Å². The number of hydrogen-bond acceptors (Lipinski definition) is 3. The van der Waals surface area contributed by atoms with Gasteiger partial charge in [0.25, 0.3) is 0 Å². The molecule has 2 aromatic rings. The molecule has 7 heteroatoms. The van der Waals surface area contributed by atoms with Crippen LogP contribution < -0.4 is 4.72 Å². The number of nitrogens with zero attached hydrogens (tertiary/aromatic N) is 1. The third kappa shape index (κ3) is 2.30. The number of H-pyrrole nitrogens is 1. The molecule has 18 heavy (non-hydrogen) atoms. The number of rotatable bonds is 2. The number of halogens is 1. The Labute approximate surface area is 112 Å². The third-order valence-electron chi connectivity index (χ3n) is 2.68. The molecule has 0 amide bonds. The standard InChI is InChI=1S/C11H14ClN3O2S/c1-11(2,3)6-4-5-7(12)8-9(6)13-14-10(8)15-18(16)17/h4-5,18H,1-3H3,(H2,13,14,15,16,17). The van der Waals surface area contributed by atoms with Gasteiger partial charge in [-0.15, -0.1) is 0 Å². The van der Waals surface area contributed by atoms with E-state index in [0.717, 1.165) is 11.1 Å². The summed E-state index contributed by atoms with van der Waals surface area (Å²) in [6.07, 6.45) is 0. The first-order chi connectivity index (χ1) is 8.30. The largest absolute Gasteiger partial charge is 0.275 e. The van der Waals surface area contributed by atoms with Gasteiger partial charge in [-0.1, -0.05) is 38.4 Å². The zero-order valence-electron chi connectivity index (χ0n) is 10.2. The smallest absolute Gasteiger partial charge is 0.223 e. The van der Waals surface area contributed by atoms with E-state index in [0.29, 0.717) is 10.4 Å². The summed E-state index contributed by atoms with van der Waals surface area (Å²) in [5.74, 6) is 0.234. The van der Waals surface area contributed by atoms with Crippen LogP contribution in [0.2, 0.25) is 5.02 Å². The Morgan fingerprint density at radius 1 is 1.33 bits per heavy atom. The number of thiol groups is 1. The molecule has 1 heterocycles. The highest BCUT2D eigenvalue weighted by molar-refractivity contribution is 7.73. The highest BCUT2D eigenvalue weighted by atomic mass is 35.5. The second-order valence-electron chi connectivity index (χ2n) is 5.04. The Morgan fingerprint density at radius 2 is 2.00 bits per heavy atom. The first-order valence-corrected chi connectivity index (χ1v) is 6.94. The Morgan fingerprint density at radius 3 is 2.56 bits per heavy atom. The van der Waals surface area contributed by atoms with Crippen LogP contribution in [0.25, 0.3) is 10.9 Å². The number of aromatic amines is 1. The molecule has 1 aromatic heterocycles. The summed E-state index contributed by atoms with van der Waals surface area (Å²) in [6.45, 7) is 6.20. The zero-order chi connectivity index (χ0) is 13.5. The molecule has 0 saturated carbocycles. The van der Waals surface area contributed by atoms with E-state index in [-0.39, 0.29) is 11.2 Å². The number of nitrogens with one attached hydrogen (secondary N) is 2. The predicted molar refractivity (Wildman–Crippen MR) is 73.7 cm³/mol. The summed E-state index contributed by atoms with van der Waals surface area (Å²) in [5.41, 5.74) is 1.70. The molecule has 0 radical (unpaired) electrons. The van der Waals surface area contributed by atoms with Crippen LogP contribution in [0, 0.1) is 0 Å². The van der Waals surface area contributed by atoms with E-state index >= 15 is 0 Å². The number of anilines is 1. The van der Waals surface area contributed by atoms with E-state index in [1.807, 2.05) is 6.07 Å². The topological polar surface area (TPSA) is 74.8 Å². The Kier molecular flexibility index (Phi) is 3.25. The molecule has 2 N–H and O–H groups in total. The second kappa shape index (κ2) is 4.44. The van der Waals surface area contributed by atoms with Crippen molar-refractivity contribution in [1.29, 1.82) is 0 Å². The first-order valence-electron chi connectivity index (χ1n) is 5.39. The zero-order valence-corrected chi connectivity index (χ0v) is 11.9. The van der Waals surface area contributed by atoms with Gasteiger partial charge < -0.3 is 0 Å². The fourth-order valence-corrected chi connectivity index (χ4v) is 2.47. The van der Waals surface area contributed by atoms with Gasteiger partial charge in [0.05, 0.1) is 15.9 Å². The van der Waals surface area contributed by atoms with Crippen molar-refractivity contribution in [1.82, 2.24) is 10.2 Å². The van der Waals surface area contributed by atoms with Crippen molar-refractivity contribution in [2.75, 3.05) is 4.72 Å². The molecule has 0 spiro atoms. The molecule has 0 aliphatic carbocycles. The minimum Gasteiger partial charge on any atom is -0.275 e. The van der Waals surface area contributed by atoms with Gasteiger partial charge in [-0.05, 0) is 17.0 Å². The monoisotopic (exact) mass is 287 g/mol. The summed E-state index contributed by atoms with van der Waals surface area (Å²) in [5, 5.41) is 7.88. The molecule has 1 aromatic carbocycles. The lowest BCUT2D eigenvalue weighted by atomic mass is 9.86. The van der Waals surface area contributed by atoms with Crippen LogP contribution in [-0.2, 0) is 16.3 Å². The minimum absolute atomic E-state index is 0.0910. The summed E-state index contributed by atoms with van der Waals surface area (Å²) in [7, 11) is -2.77. The van der Waals surface area contributed by atoms with E-state index < -0.39 is 10.9 Å². The fourth-order valence-electron chi connectivity index (χ4n) is 1.88. The molecular formula is C11H14ClN3O2S. The van der Waals surface area contributed by atoms with Gasteiger partial charge in [0, 0.05) is 0 Å². The van der Waals surface area contributed by atoms with Crippen molar-refractivity contribution in [2.45, 2.75) is 26.2 Å². The van der Waals surface area contributed by atoms with Crippen LogP contribution in [0.15, 0.2) is 12.1 Å². The molecule has 5 nitrogen and oxygen atoms in total. The van der Waals surface area contributed by atoms with Gasteiger partial charge >= 0.3 is 0 Å². The highest BCUT2D eigenvalue weighted by Crippen LogP contribution is 2.35. The summed E-state index contributed by atoms with van der Waals surface area (Å²) < 4.78 is 23.7. The Balaban J connectivity index is 2.74. The van der Waals surface area contributed by atoms with E-state index in [1.54, 1.807) is 6.07 Å². The van der Waals surface area contributed by atoms with Gasteiger partial charge in [-0.25, -0.2) is 8.42 Å². The number of benzene rings is 1. The van der Waals surface area contributed by atoms with Crippen LogP contribution in [0.4, 0.5) is 5.82 Å². The minimum atomic E-state index is -2.77. The Hall–Kier alpha value is -1.27. The summed E-state index contributed by atoms with van der Waals surface area (Å²) >= 11 is 6.11. The molecule has 2 rings (SSSR count). The van der Waals surface area contributed by atoms with E-state index in [4.69, 9.17) is 11.6 Å². The summed E-state index contributed by atoms with van der Waals surface area (Å²) in [4.78, 5) is 0. The van der Waals surface area contributed by atoms with Gasteiger partial charge in [0.15, 0.2) is 5.82 Å². The molecule has 0 atom stereocenters. The molecule has 98 valence electrons. The van der Waals surface area contributed by atoms with Crippen LogP contribution in [0.1, 0.15) is 26.3 Å². The van der Waals surface area contributed by atoms with Crippen LogP contribution in [0.3, 0.4) is 0 Å². The number of fused-ring (bicyclic) bond motifs is 1. The Bertz CT molecular complexity index is 663. The molecule has 0 aliphatic rings. The van der Waals surface area contributed by atoms with Gasteiger partial charge in [-0.3, -0.25) is 9.82 Å². The van der Waals surface area contributed by atoms with Crippen molar-refractivity contribution >= 4 is 39.2 Å². The molecule has 0 saturated heterocycles. The lowest BCUT2D eigenvalue weighted by Gasteiger charge is -2.19. The van der Waals surface area contributed by atoms with E-state index in [9.17, 15) is 8.42 Å². The van der Waals surface area contributed by atoms with E-state index in [2.05, 4.69) is 35.7 Å². The maximum absolute atomic E-state index is 10.7. The van der Waals surface area contributed by atoms with Crippen LogP contribution in [-0.4, -0.2) is 18.6 Å². The summed E-state index contributed by atoms with van der Waals surface area (Å²) in [6, 6.07) is 3.67. The average Bonchev–Trinajstić information content (AvgIpc) is 2.60. The molecule has 0 aliphatic heterocycles. The fraction of sp³-hybridized carbons (Fsp3) is 0.364. The van der Waals surface area contributed by atoms with Crippen molar-refractivity contribution in [3.8, 4) is 0 Å². The normalized spacial score (nSPS) is 12.3. The predicted octanol–water partition coefficient (Wildman–Crippen LogP) is 2.45. The van der Waals surface area contributed by atoms with Crippen molar-refractivity contribution in [3.63, 3.8) is 0 Å². The molecule has 0 fully saturated rings. The second-order valence-corrected chi connectivity index (χ2v) is 6.18. The maximum Gasteiger partial charge on any atom is 0.223 e. The molecular weight excluding hydrogens is 274 g/mol. The number of hydrogen-bond donors (Lipinski definition) is 3. The molecule has 0 unspecified atom stereocenters. The third-order valence-corrected chi connectivity index (χ3v) is 3.39. The average molecular weight is 288 g/mol. The SMILES string of the molecule is CC(C)(C)c1ccc(Cl)c2c(N[SH](=O)=O)n[nH]c12. The maximum atomic E-state index is 10.7. The van der Waals surface area contributed by atoms with Crippen LogP contribution in [0.5, 0.6) is 0 Å². The lowest BCUT2D eigenvalue weighted by molar-refractivity contribution is 0.594. The van der Waals surface area contributed by atoms with E-state index in [1.165, 1.54) is 0 Å². The first kappa shape index (κ1) is 13.2. The highest BCUT2D eigenvalue weighted by Gasteiger charge is 2.21. The van der Waals surface area contributed by atoms with Gasteiger partial charge in [-0.2, -0.15) is 5.10 Å². The van der Waals surface area contributed by atoms with Crippen LogP contribution >= 0.6 is 11.6 Å². The lowest BCUT2D eigenvalue weighted by Crippen LogP contribution is -2.11. The number of aromatic nitrogens is 2. The molecule has 0 bridgehead atoms. The van der Waals surface area contributed by atoms with Gasteiger partial charge in [0.1, 0.15) is 0 Å². The van der Waals surface area contributed by atoms with Crippen molar-refractivity contribution < 1.29 is 8.42 Å². The quantitative estimate of drug-likeness (QED) is 0.743. The van der Waals surface area contributed by atoms with Gasteiger partial charge in [0.2, 0.25) is 10.9 Å².